The molecule has 1 aromatic carbocycles. The van der Waals surface area contributed by atoms with Gasteiger partial charge in [-0.2, -0.15) is 0 Å². The maximum absolute atomic E-state index is 5.63. The molecule has 2 aromatic rings. The van der Waals surface area contributed by atoms with Crippen molar-refractivity contribution in [3.63, 3.8) is 0 Å². The van der Waals surface area contributed by atoms with Gasteiger partial charge in [0.15, 0.2) is 0 Å². The van der Waals surface area contributed by atoms with Crippen LogP contribution in [0.1, 0.15) is 28.3 Å². The van der Waals surface area contributed by atoms with Gasteiger partial charge in [0, 0.05) is 10.0 Å². The molecule has 0 fully saturated rings. The van der Waals surface area contributed by atoms with E-state index < -0.39 is 0 Å². The van der Waals surface area contributed by atoms with Crippen molar-refractivity contribution in [1.29, 1.82) is 0 Å². The normalized spacial score (nSPS) is 12.7. The molecular formula is C13H15BrN2O. The lowest BCUT2D eigenvalue weighted by molar-refractivity contribution is 0.553. The molecule has 3 N–H and O–H groups in total. The number of nitrogens with two attached hydrogens (primary N) is 1. The molecule has 1 heterocycles. The molecule has 90 valence electrons. The van der Waals surface area contributed by atoms with E-state index in [0.717, 1.165) is 15.6 Å². The number of halogens is 1. The van der Waals surface area contributed by atoms with Crippen LogP contribution < -0.4 is 11.3 Å². The lowest BCUT2D eigenvalue weighted by Gasteiger charge is -2.17. The van der Waals surface area contributed by atoms with Crippen LogP contribution in [0.3, 0.4) is 0 Å². The molecule has 0 radical (unpaired) electrons. The van der Waals surface area contributed by atoms with Crippen molar-refractivity contribution in [2.24, 2.45) is 5.84 Å². The topological polar surface area (TPSA) is 51.2 Å². The monoisotopic (exact) mass is 294 g/mol. The van der Waals surface area contributed by atoms with Gasteiger partial charge in [-0.15, -0.1) is 0 Å². The summed E-state index contributed by atoms with van der Waals surface area (Å²) in [6.07, 6.45) is 3.36. The van der Waals surface area contributed by atoms with E-state index in [4.69, 9.17) is 10.3 Å². The van der Waals surface area contributed by atoms with Crippen LogP contribution in [-0.4, -0.2) is 0 Å². The third kappa shape index (κ3) is 2.44. The fourth-order valence-electron chi connectivity index (χ4n) is 1.97. The molecule has 0 spiro atoms. The number of rotatable bonds is 3. The minimum Gasteiger partial charge on any atom is -0.472 e. The van der Waals surface area contributed by atoms with Crippen LogP contribution in [0.4, 0.5) is 0 Å². The Kier molecular flexibility index (Phi) is 3.66. The van der Waals surface area contributed by atoms with Crippen LogP contribution >= 0.6 is 15.9 Å². The second-order valence-corrected chi connectivity index (χ2v) is 4.92. The number of furan rings is 1. The highest BCUT2D eigenvalue weighted by atomic mass is 79.9. The van der Waals surface area contributed by atoms with E-state index in [9.17, 15) is 0 Å². The first-order valence-electron chi connectivity index (χ1n) is 5.38. The highest BCUT2D eigenvalue weighted by molar-refractivity contribution is 9.10. The molecule has 3 nitrogen and oxygen atoms in total. The second-order valence-electron chi connectivity index (χ2n) is 4.13. The third-order valence-electron chi connectivity index (χ3n) is 2.84. The number of benzene rings is 1. The summed E-state index contributed by atoms with van der Waals surface area (Å²) < 4.78 is 6.24. The minimum absolute atomic E-state index is 0.0424. The first kappa shape index (κ1) is 12.4. The zero-order valence-corrected chi connectivity index (χ0v) is 11.4. The molecule has 0 aliphatic rings. The smallest absolute Gasteiger partial charge is 0.0954 e. The highest BCUT2D eigenvalue weighted by Crippen LogP contribution is 2.28. The molecule has 2 rings (SSSR count). The number of nitrogens with one attached hydrogen (secondary N) is 1. The quantitative estimate of drug-likeness (QED) is 0.675. The van der Waals surface area contributed by atoms with Gasteiger partial charge in [0.2, 0.25) is 0 Å². The van der Waals surface area contributed by atoms with Crippen LogP contribution in [0, 0.1) is 13.8 Å². The average Bonchev–Trinajstić information content (AvgIpc) is 2.80. The van der Waals surface area contributed by atoms with Crippen molar-refractivity contribution < 1.29 is 4.42 Å². The Morgan fingerprint density at radius 1 is 1.24 bits per heavy atom. The molecule has 1 atom stereocenters. The summed E-state index contributed by atoms with van der Waals surface area (Å²) in [7, 11) is 0. The van der Waals surface area contributed by atoms with Crippen molar-refractivity contribution in [3.8, 4) is 0 Å². The van der Waals surface area contributed by atoms with E-state index in [2.05, 4.69) is 47.3 Å². The SMILES string of the molecule is Cc1cc(C(NN)c2ccoc2)cc(C)c1Br. The summed E-state index contributed by atoms with van der Waals surface area (Å²) in [5.41, 5.74) is 7.37. The lowest BCUT2D eigenvalue weighted by atomic mass is 9.98. The van der Waals surface area contributed by atoms with E-state index in [1.807, 2.05) is 6.07 Å². The van der Waals surface area contributed by atoms with Crippen LogP contribution in [0.5, 0.6) is 0 Å². The van der Waals surface area contributed by atoms with Gasteiger partial charge in [0.25, 0.3) is 0 Å². The standard InChI is InChI=1S/C13H15BrN2O/c1-8-5-11(6-9(2)12(8)14)13(16-15)10-3-4-17-7-10/h3-7,13,16H,15H2,1-2H3. The Hall–Kier alpha value is -1.10. The lowest BCUT2D eigenvalue weighted by Crippen LogP contribution is -2.28. The summed E-state index contributed by atoms with van der Waals surface area (Å²) in [6, 6.07) is 6.11. The molecule has 1 unspecified atom stereocenters. The summed E-state index contributed by atoms with van der Waals surface area (Å²) >= 11 is 3.56. The van der Waals surface area contributed by atoms with Gasteiger partial charge < -0.3 is 4.42 Å². The fraction of sp³-hybridized carbons (Fsp3) is 0.231. The van der Waals surface area contributed by atoms with Crippen molar-refractivity contribution >= 4 is 15.9 Å². The molecule has 0 aliphatic carbocycles. The second kappa shape index (κ2) is 5.04. The van der Waals surface area contributed by atoms with E-state index >= 15 is 0 Å². The Morgan fingerprint density at radius 2 is 1.88 bits per heavy atom. The number of hydrogen-bond acceptors (Lipinski definition) is 3. The van der Waals surface area contributed by atoms with E-state index in [1.54, 1.807) is 12.5 Å². The van der Waals surface area contributed by atoms with E-state index in [0.29, 0.717) is 0 Å². The van der Waals surface area contributed by atoms with Crippen LogP contribution in [0.2, 0.25) is 0 Å². The number of aryl methyl sites for hydroxylation is 2. The summed E-state index contributed by atoms with van der Waals surface area (Å²) in [5.74, 6) is 5.63. The zero-order valence-electron chi connectivity index (χ0n) is 9.83. The van der Waals surface area contributed by atoms with Crippen LogP contribution in [0.25, 0.3) is 0 Å². The van der Waals surface area contributed by atoms with Gasteiger partial charge in [-0.3, -0.25) is 5.84 Å². The third-order valence-corrected chi connectivity index (χ3v) is 4.09. The van der Waals surface area contributed by atoms with E-state index in [-0.39, 0.29) is 6.04 Å². The van der Waals surface area contributed by atoms with Gasteiger partial charge in [-0.05, 0) is 36.6 Å². The number of hydrazine groups is 1. The fourth-order valence-corrected chi connectivity index (χ4v) is 2.20. The Bertz CT molecular complexity index is 485. The summed E-state index contributed by atoms with van der Waals surface area (Å²) in [4.78, 5) is 0. The van der Waals surface area contributed by atoms with Gasteiger partial charge in [-0.25, -0.2) is 5.43 Å². The Labute approximate surface area is 109 Å². The molecule has 0 amide bonds. The maximum atomic E-state index is 5.63. The summed E-state index contributed by atoms with van der Waals surface area (Å²) in [6.45, 7) is 4.15. The first-order valence-corrected chi connectivity index (χ1v) is 6.17. The van der Waals surface area contributed by atoms with Crippen LogP contribution in [-0.2, 0) is 0 Å². The van der Waals surface area contributed by atoms with Gasteiger partial charge >= 0.3 is 0 Å². The van der Waals surface area contributed by atoms with Gasteiger partial charge in [-0.1, -0.05) is 28.1 Å². The largest absolute Gasteiger partial charge is 0.472 e. The number of hydrogen-bond donors (Lipinski definition) is 2. The van der Waals surface area contributed by atoms with Crippen molar-refractivity contribution in [2.45, 2.75) is 19.9 Å². The van der Waals surface area contributed by atoms with Crippen molar-refractivity contribution in [1.82, 2.24) is 5.43 Å². The predicted molar refractivity (Wildman–Crippen MR) is 71.5 cm³/mol. The first-order chi connectivity index (χ1) is 8.13. The van der Waals surface area contributed by atoms with Gasteiger partial charge in [0.1, 0.15) is 0 Å². The van der Waals surface area contributed by atoms with Crippen molar-refractivity contribution in [2.75, 3.05) is 0 Å². The Balaban J connectivity index is 2.45. The molecule has 0 aliphatic heterocycles. The van der Waals surface area contributed by atoms with Crippen molar-refractivity contribution in [3.05, 3.63) is 57.5 Å². The molecule has 0 saturated carbocycles. The molecular weight excluding hydrogens is 280 g/mol. The van der Waals surface area contributed by atoms with E-state index in [1.165, 1.54) is 11.1 Å². The van der Waals surface area contributed by atoms with Crippen LogP contribution in [0.15, 0.2) is 39.6 Å². The Morgan fingerprint density at radius 3 is 2.35 bits per heavy atom. The highest BCUT2D eigenvalue weighted by Gasteiger charge is 2.15. The molecule has 0 bridgehead atoms. The predicted octanol–water partition coefficient (Wildman–Crippen LogP) is 3.21. The average molecular weight is 295 g/mol. The molecule has 0 saturated heterocycles. The zero-order chi connectivity index (χ0) is 12.4. The molecule has 1 aromatic heterocycles. The molecule has 4 heteroatoms. The maximum Gasteiger partial charge on any atom is 0.0954 e. The minimum atomic E-state index is -0.0424. The van der Waals surface area contributed by atoms with Gasteiger partial charge in [0.05, 0.1) is 18.6 Å². The summed E-state index contributed by atoms with van der Waals surface area (Å²) in [5, 5.41) is 0. The molecule has 17 heavy (non-hydrogen) atoms.